The van der Waals surface area contributed by atoms with Crippen LogP contribution in [-0.2, 0) is 12.4 Å². The van der Waals surface area contributed by atoms with Crippen molar-refractivity contribution in [1.29, 1.82) is 0 Å². The van der Waals surface area contributed by atoms with Gasteiger partial charge in [0.15, 0.2) is 0 Å². The summed E-state index contributed by atoms with van der Waals surface area (Å²) in [5.41, 5.74) is -0.369. The highest BCUT2D eigenvalue weighted by atomic mass is 19.4. The Balaban J connectivity index is 1.85. The van der Waals surface area contributed by atoms with Gasteiger partial charge in [-0.25, -0.2) is 4.99 Å². The average molecular weight is 492 g/mol. The van der Waals surface area contributed by atoms with E-state index < -0.39 is 23.5 Å². The second kappa shape index (κ2) is 10.3. The van der Waals surface area contributed by atoms with Crippen LogP contribution in [0.15, 0.2) is 75.9 Å². The molecule has 1 aliphatic heterocycles. The van der Waals surface area contributed by atoms with Crippen LogP contribution in [0.2, 0.25) is 0 Å². The van der Waals surface area contributed by atoms with E-state index in [1.807, 2.05) is 13.8 Å². The van der Waals surface area contributed by atoms with Crippen LogP contribution < -0.4 is 5.32 Å². The highest BCUT2D eigenvalue weighted by Crippen LogP contribution is 2.30. The van der Waals surface area contributed by atoms with Crippen LogP contribution in [0.25, 0.3) is 12.2 Å². The summed E-state index contributed by atoms with van der Waals surface area (Å²) in [5.74, 6) is 0.285. The van der Waals surface area contributed by atoms with Gasteiger partial charge < -0.3 is 5.32 Å². The Hall–Kier alpha value is -3.69. The SMILES string of the molecule is CC1(C)C=NC(=NN=C(C=Cc2ccc(C(F)(F)F)cc2)C=Cc2ccc(C(F)(F)F)cc2)NC1. The van der Waals surface area contributed by atoms with E-state index in [4.69, 9.17) is 0 Å². The minimum Gasteiger partial charge on any atom is -0.352 e. The van der Waals surface area contributed by atoms with Gasteiger partial charge in [0, 0.05) is 18.2 Å². The molecule has 10 heteroatoms. The molecule has 0 bridgehead atoms. The van der Waals surface area contributed by atoms with Crippen molar-refractivity contribution in [3.05, 3.63) is 82.9 Å². The molecular formula is C25H22F6N4. The molecule has 0 fully saturated rings. The van der Waals surface area contributed by atoms with Crippen molar-refractivity contribution in [3.8, 4) is 0 Å². The number of allylic oxidation sites excluding steroid dienone is 2. The van der Waals surface area contributed by atoms with Crippen LogP contribution in [0, 0.1) is 5.41 Å². The predicted molar refractivity (Wildman–Crippen MR) is 126 cm³/mol. The Labute approximate surface area is 198 Å². The fourth-order valence-corrected chi connectivity index (χ4v) is 2.85. The summed E-state index contributed by atoms with van der Waals surface area (Å²) in [6, 6.07) is 9.15. The van der Waals surface area contributed by atoms with Gasteiger partial charge in [-0.05, 0) is 47.5 Å². The lowest BCUT2D eigenvalue weighted by molar-refractivity contribution is -0.138. The molecule has 35 heavy (non-hydrogen) atoms. The van der Waals surface area contributed by atoms with E-state index in [1.54, 1.807) is 18.4 Å². The van der Waals surface area contributed by atoms with E-state index in [-0.39, 0.29) is 11.4 Å². The summed E-state index contributed by atoms with van der Waals surface area (Å²) in [6.45, 7) is 4.59. The Morgan fingerprint density at radius 1 is 0.829 bits per heavy atom. The normalized spacial score (nSPS) is 17.2. The number of benzene rings is 2. The fraction of sp³-hybridized carbons (Fsp3) is 0.240. The molecule has 4 nitrogen and oxygen atoms in total. The third kappa shape index (κ3) is 7.94. The minimum absolute atomic E-state index is 0.142. The van der Waals surface area contributed by atoms with Crippen LogP contribution in [-0.4, -0.2) is 24.4 Å². The summed E-state index contributed by atoms with van der Waals surface area (Å²) in [5, 5.41) is 11.2. The molecular weight excluding hydrogens is 470 g/mol. The van der Waals surface area contributed by atoms with Crippen LogP contribution in [0.1, 0.15) is 36.1 Å². The van der Waals surface area contributed by atoms with Crippen LogP contribution >= 0.6 is 0 Å². The monoisotopic (exact) mass is 492 g/mol. The molecule has 184 valence electrons. The highest BCUT2D eigenvalue weighted by Gasteiger charge is 2.30. The van der Waals surface area contributed by atoms with Gasteiger partial charge in [-0.1, -0.05) is 50.3 Å². The van der Waals surface area contributed by atoms with Crippen molar-refractivity contribution in [1.82, 2.24) is 5.32 Å². The summed E-state index contributed by atoms with van der Waals surface area (Å²) >= 11 is 0. The molecule has 0 atom stereocenters. The molecule has 2 aromatic carbocycles. The van der Waals surface area contributed by atoms with Gasteiger partial charge in [-0.15, -0.1) is 10.2 Å². The predicted octanol–water partition coefficient (Wildman–Crippen LogP) is 6.86. The Morgan fingerprint density at radius 2 is 1.29 bits per heavy atom. The van der Waals surface area contributed by atoms with Crippen molar-refractivity contribution in [3.63, 3.8) is 0 Å². The molecule has 1 N–H and O–H groups in total. The first-order chi connectivity index (χ1) is 16.3. The molecule has 0 spiro atoms. The van der Waals surface area contributed by atoms with E-state index in [0.717, 1.165) is 24.3 Å². The number of alkyl halides is 6. The van der Waals surface area contributed by atoms with E-state index in [0.29, 0.717) is 23.4 Å². The number of halogens is 6. The first-order valence-electron chi connectivity index (χ1n) is 10.5. The summed E-state index contributed by atoms with van der Waals surface area (Å²) in [6.07, 6.45) is -0.955. The Kier molecular flexibility index (Phi) is 7.62. The van der Waals surface area contributed by atoms with Crippen LogP contribution in [0.3, 0.4) is 0 Å². The molecule has 1 aliphatic rings. The number of nitrogens with one attached hydrogen (secondary N) is 1. The molecule has 0 saturated carbocycles. The molecule has 1 heterocycles. The van der Waals surface area contributed by atoms with Crippen molar-refractivity contribution in [2.45, 2.75) is 26.2 Å². The number of hydrogen-bond acceptors (Lipinski definition) is 2. The number of hydrogen-bond donors (Lipinski definition) is 1. The van der Waals surface area contributed by atoms with Crippen molar-refractivity contribution in [2.75, 3.05) is 6.54 Å². The number of guanidine groups is 1. The third-order valence-corrected chi connectivity index (χ3v) is 4.87. The van der Waals surface area contributed by atoms with E-state index >= 15 is 0 Å². The molecule has 0 aromatic heterocycles. The molecule has 0 unspecified atom stereocenters. The van der Waals surface area contributed by atoms with Gasteiger partial charge in [-0.3, -0.25) is 0 Å². The lowest BCUT2D eigenvalue weighted by atomic mass is 9.95. The standard InChI is InChI=1S/C25H22F6N4/c1-23(2)15-32-22(33-16-23)35-34-21(13-7-17-3-9-19(10-4-17)24(26,27)28)14-8-18-5-11-20(12-6-18)25(29,30)31/h3-15H,16H2,1-2H3,(H,33,35). The molecule has 3 rings (SSSR count). The van der Waals surface area contributed by atoms with Gasteiger partial charge in [0.2, 0.25) is 5.96 Å². The highest BCUT2D eigenvalue weighted by molar-refractivity contribution is 6.09. The van der Waals surface area contributed by atoms with Crippen molar-refractivity contribution >= 4 is 30.0 Å². The van der Waals surface area contributed by atoms with Gasteiger partial charge in [0.05, 0.1) is 16.8 Å². The van der Waals surface area contributed by atoms with Crippen molar-refractivity contribution in [2.24, 2.45) is 20.6 Å². The quantitative estimate of drug-likeness (QED) is 0.277. The summed E-state index contributed by atoms with van der Waals surface area (Å²) in [7, 11) is 0. The number of aliphatic imine (C=N–C) groups is 1. The van der Waals surface area contributed by atoms with E-state index in [1.165, 1.54) is 36.4 Å². The van der Waals surface area contributed by atoms with Gasteiger partial charge in [0.1, 0.15) is 0 Å². The zero-order chi connectivity index (χ0) is 25.7. The maximum atomic E-state index is 12.8. The summed E-state index contributed by atoms with van der Waals surface area (Å²) < 4.78 is 76.6. The van der Waals surface area contributed by atoms with Gasteiger partial charge in [0.25, 0.3) is 0 Å². The number of nitrogens with zero attached hydrogens (tertiary/aromatic N) is 3. The lowest BCUT2D eigenvalue weighted by Crippen LogP contribution is -2.38. The second-order valence-electron chi connectivity index (χ2n) is 8.46. The molecule has 2 aromatic rings. The molecule has 0 aliphatic carbocycles. The van der Waals surface area contributed by atoms with E-state index in [2.05, 4.69) is 20.5 Å². The number of rotatable bonds is 5. The largest absolute Gasteiger partial charge is 0.416 e. The van der Waals surface area contributed by atoms with Crippen LogP contribution in [0.5, 0.6) is 0 Å². The molecule has 0 radical (unpaired) electrons. The zero-order valence-electron chi connectivity index (χ0n) is 18.8. The molecule has 0 amide bonds. The van der Waals surface area contributed by atoms with Crippen LogP contribution in [0.4, 0.5) is 26.3 Å². The summed E-state index contributed by atoms with van der Waals surface area (Å²) in [4.78, 5) is 4.20. The average Bonchev–Trinajstić information content (AvgIpc) is 2.79. The van der Waals surface area contributed by atoms with Gasteiger partial charge in [-0.2, -0.15) is 26.3 Å². The van der Waals surface area contributed by atoms with Crippen molar-refractivity contribution < 1.29 is 26.3 Å². The smallest absolute Gasteiger partial charge is 0.352 e. The molecule has 0 saturated heterocycles. The zero-order valence-corrected chi connectivity index (χ0v) is 18.8. The first-order valence-corrected chi connectivity index (χ1v) is 10.5. The maximum Gasteiger partial charge on any atom is 0.416 e. The minimum atomic E-state index is -4.43. The maximum absolute atomic E-state index is 12.8. The second-order valence-corrected chi connectivity index (χ2v) is 8.46. The van der Waals surface area contributed by atoms with Gasteiger partial charge >= 0.3 is 12.4 Å². The first kappa shape index (κ1) is 25.9. The topological polar surface area (TPSA) is 49.1 Å². The van der Waals surface area contributed by atoms with E-state index in [9.17, 15) is 26.3 Å². The Bertz CT molecular complexity index is 1100. The third-order valence-electron chi connectivity index (χ3n) is 4.87. The Morgan fingerprint density at radius 3 is 1.66 bits per heavy atom. The fourth-order valence-electron chi connectivity index (χ4n) is 2.85. The lowest BCUT2D eigenvalue weighted by Gasteiger charge is -2.23.